The first-order chi connectivity index (χ1) is 3.72. The second kappa shape index (κ2) is 3.10. The molecule has 0 aromatic carbocycles. The summed E-state index contributed by atoms with van der Waals surface area (Å²) >= 11 is 0. The highest BCUT2D eigenvalue weighted by Crippen LogP contribution is 1.88. The summed E-state index contributed by atoms with van der Waals surface area (Å²) in [5, 5.41) is 0. The SMILES string of the molecule is CC(C)C(C=O)=[N+]=[N-]. The minimum absolute atomic E-state index is 0.0116. The Kier molecular flexibility index (Phi) is 2.74. The Bertz CT molecular complexity index is 133. The van der Waals surface area contributed by atoms with Crippen LogP contribution in [0, 0.1) is 5.92 Å². The molecule has 3 nitrogen and oxygen atoms in total. The van der Waals surface area contributed by atoms with E-state index < -0.39 is 0 Å². The van der Waals surface area contributed by atoms with Crippen molar-refractivity contribution in [1.82, 2.24) is 0 Å². The Labute approximate surface area is 47.9 Å². The van der Waals surface area contributed by atoms with Crippen molar-refractivity contribution in [3.63, 3.8) is 0 Å². The van der Waals surface area contributed by atoms with E-state index in [1.807, 2.05) is 0 Å². The molecule has 0 rings (SSSR count). The van der Waals surface area contributed by atoms with E-state index in [-0.39, 0.29) is 11.6 Å². The van der Waals surface area contributed by atoms with Crippen molar-refractivity contribution in [2.75, 3.05) is 0 Å². The number of carbonyl (C=O) groups is 1. The molecule has 0 spiro atoms. The normalized spacial score (nSPS) is 8.38. The maximum Gasteiger partial charge on any atom is 0.333 e. The van der Waals surface area contributed by atoms with Gasteiger partial charge in [-0.3, -0.25) is 4.79 Å². The van der Waals surface area contributed by atoms with Crippen LogP contribution in [-0.4, -0.2) is 16.8 Å². The highest BCUT2D eigenvalue weighted by Gasteiger charge is 2.09. The molecule has 0 aromatic heterocycles. The highest BCUT2D eigenvalue weighted by atomic mass is 16.1. The summed E-state index contributed by atoms with van der Waals surface area (Å²) in [7, 11) is 0. The van der Waals surface area contributed by atoms with Crippen molar-refractivity contribution < 1.29 is 9.58 Å². The number of hydrogen-bond donors (Lipinski definition) is 0. The van der Waals surface area contributed by atoms with Gasteiger partial charge in [0.05, 0.1) is 5.92 Å². The van der Waals surface area contributed by atoms with Crippen molar-refractivity contribution in [3.8, 4) is 0 Å². The van der Waals surface area contributed by atoms with Crippen LogP contribution in [-0.2, 0) is 4.79 Å². The first-order valence-electron chi connectivity index (χ1n) is 2.39. The molecule has 44 valence electrons. The fourth-order valence-electron chi connectivity index (χ4n) is 0.275. The van der Waals surface area contributed by atoms with E-state index in [0.717, 1.165) is 0 Å². The minimum atomic E-state index is 0.0116. The Balaban J connectivity index is 4.13. The molecule has 0 N–H and O–H groups in total. The largest absolute Gasteiger partial charge is 0.361 e. The van der Waals surface area contributed by atoms with Gasteiger partial charge >= 0.3 is 5.71 Å². The standard InChI is InChI=1S/C5H8N2O/c1-4(2)5(3-8)7-6/h3-4H,1-2H3. The zero-order valence-electron chi connectivity index (χ0n) is 4.96. The number of rotatable bonds is 2. The van der Waals surface area contributed by atoms with Gasteiger partial charge in [0.25, 0.3) is 0 Å². The summed E-state index contributed by atoms with van der Waals surface area (Å²) in [5.74, 6) is 0.0116. The molecule has 0 aliphatic rings. The predicted molar refractivity (Wildman–Crippen MR) is 29.5 cm³/mol. The smallest absolute Gasteiger partial charge is 0.333 e. The van der Waals surface area contributed by atoms with Crippen LogP contribution in [0.2, 0.25) is 0 Å². The first kappa shape index (κ1) is 7.05. The third kappa shape index (κ3) is 1.67. The fraction of sp³-hybridized carbons (Fsp3) is 0.600. The average Bonchev–Trinajstić information content (AvgIpc) is 1.69. The lowest BCUT2D eigenvalue weighted by atomic mass is 10.1. The molecule has 8 heavy (non-hydrogen) atoms. The van der Waals surface area contributed by atoms with Gasteiger partial charge in [0.15, 0.2) is 0 Å². The third-order valence-corrected chi connectivity index (χ3v) is 0.828. The third-order valence-electron chi connectivity index (χ3n) is 0.828. The molecule has 0 aliphatic carbocycles. The van der Waals surface area contributed by atoms with Crippen LogP contribution >= 0.6 is 0 Å². The Morgan fingerprint density at radius 2 is 2.25 bits per heavy atom. The van der Waals surface area contributed by atoms with Gasteiger partial charge in [0, 0.05) is 0 Å². The monoisotopic (exact) mass is 112 g/mol. The van der Waals surface area contributed by atoms with Gasteiger partial charge in [0.1, 0.15) is 0 Å². The summed E-state index contributed by atoms with van der Waals surface area (Å²) < 4.78 is 0. The van der Waals surface area contributed by atoms with Crippen LogP contribution < -0.4 is 0 Å². The van der Waals surface area contributed by atoms with Gasteiger partial charge in [-0.15, -0.1) is 0 Å². The summed E-state index contributed by atoms with van der Waals surface area (Å²) in [6.45, 7) is 3.56. The fourth-order valence-corrected chi connectivity index (χ4v) is 0.275. The van der Waals surface area contributed by atoms with Crippen LogP contribution in [0.4, 0.5) is 0 Å². The molecular weight excluding hydrogens is 104 g/mol. The zero-order valence-corrected chi connectivity index (χ0v) is 4.96. The van der Waals surface area contributed by atoms with E-state index in [1.165, 1.54) is 0 Å². The first-order valence-corrected chi connectivity index (χ1v) is 2.39. The molecule has 0 heterocycles. The molecule has 0 bridgehead atoms. The van der Waals surface area contributed by atoms with Gasteiger partial charge in [-0.05, 0) is 0 Å². The second-order valence-corrected chi connectivity index (χ2v) is 1.80. The number of aldehydes is 1. The van der Waals surface area contributed by atoms with Crippen LogP contribution in [0.1, 0.15) is 13.8 Å². The van der Waals surface area contributed by atoms with Crippen molar-refractivity contribution in [3.05, 3.63) is 5.53 Å². The van der Waals surface area contributed by atoms with Gasteiger partial charge in [0.2, 0.25) is 6.29 Å². The van der Waals surface area contributed by atoms with E-state index >= 15 is 0 Å². The molecule has 0 atom stereocenters. The molecular formula is C5H8N2O. The molecule has 0 aromatic rings. The predicted octanol–water partition coefficient (Wildman–Crippen LogP) is 0.512. The van der Waals surface area contributed by atoms with Crippen LogP contribution in [0.15, 0.2) is 0 Å². The van der Waals surface area contributed by atoms with Crippen molar-refractivity contribution in [2.24, 2.45) is 5.92 Å². The Hall–Kier alpha value is -0.950. The molecule has 0 radical (unpaired) electrons. The van der Waals surface area contributed by atoms with Crippen LogP contribution in [0.25, 0.3) is 5.53 Å². The second-order valence-electron chi connectivity index (χ2n) is 1.80. The topological polar surface area (TPSA) is 53.5 Å². The lowest BCUT2D eigenvalue weighted by Gasteiger charge is -1.85. The van der Waals surface area contributed by atoms with Crippen molar-refractivity contribution >= 4 is 12.0 Å². The molecule has 0 aliphatic heterocycles. The van der Waals surface area contributed by atoms with Crippen LogP contribution in [0.3, 0.4) is 0 Å². The van der Waals surface area contributed by atoms with E-state index in [4.69, 9.17) is 5.53 Å². The zero-order chi connectivity index (χ0) is 6.57. The van der Waals surface area contributed by atoms with E-state index in [2.05, 4.69) is 4.79 Å². The van der Waals surface area contributed by atoms with E-state index in [1.54, 1.807) is 13.8 Å². The lowest BCUT2D eigenvalue weighted by Crippen LogP contribution is -2.09. The molecule has 0 saturated carbocycles. The number of nitrogens with zero attached hydrogens (tertiary/aromatic N) is 2. The Morgan fingerprint density at radius 1 is 1.75 bits per heavy atom. The number of hydrogen-bond acceptors (Lipinski definition) is 1. The summed E-state index contributed by atoms with van der Waals surface area (Å²) in [4.78, 5) is 12.6. The Morgan fingerprint density at radius 3 is 2.25 bits per heavy atom. The van der Waals surface area contributed by atoms with E-state index in [9.17, 15) is 4.79 Å². The minimum Gasteiger partial charge on any atom is -0.361 e. The van der Waals surface area contributed by atoms with E-state index in [0.29, 0.717) is 6.29 Å². The van der Waals surface area contributed by atoms with Crippen molar-refractivity contribution in [2.45, 2.75) is 13.8 Å². The molecule has 0 amide bonds. The quantitative estimate of drug-likeness (QED) is 0.222. The lowest BCUT2D eigenvalue weighted by molar-refractivity contribution is -0.107. The van der Waals surface area contributed by atoms with Gasteiger partial charge in [-0.25, -0.2) is 0 Å². The van der Waals surface area contributed by atoms with Gasteiger partial charge in [-0.2, -0.15) is 4.79 Å². The van der Waals surface area contributed by atoms with Gasteiger partial charge < -0.3 is 5.53 Å². The van der Waals surface area contributed by atoms with Crippen molar-refractivity contribution in [1.29, 1.82) is 0 Å². The molecule has 0 saturated heterocycles. The maximum absolute atomic E-state index is 9.89. The molecule has 0 fully saturated rings. The summed E-state index contributed by atoms with van der Waals surface area (Å²) in [6, 6.07) is 0. The summed E-state index contributed by atoms with van der Waals surface area (Å²) in [5.41, 5.74) is 8.24. The van der Waals surface area contributed by atoms with Gasteiger partial charge in [-0.1, -0.05) is 13.8 Å². The number of carbonyl (C=O) groups excluding carboxylic acids is 1. The maximum atomic E-state index is 9.89. The summed E-state index contributed by atoms with van der Waals surface area (Å²) in [6.07, 6.45) is 0.546. The molecule has 3 heteroatoms. The average molecular weight is 112 g/mol. The van der Waals surface area contributed by atoms with Crippen LogP contribution in [0.5, 0.6) is 0 Å². The molecule has 0 unspecified atom stereocenters. The highest BCUT2D eigenvalue weighted by molar-refractivity contribution is 6.25.